The van der Waals surface area contributed by atoms with Gasteiger partial charge in [-0.1, -0.05) is 30.3 Å². The van der Waals surface area contributed by atoms with Gasteiger partial charge < -0.3 is 10.1 Å². The van der Waals surface area contributed by atoms with E-state index in [0.717, 1.165) is 37.2 Å². The van der Waals surface area contributed by atoms with E-state index in [-0.39, 0.29) is 0 Å². The second-order valence-corrected chi connectivity index (χ2v) is 4.13. The number of nitrogens with one attached hydrogen (secondary N) is 1. The second-order valence-electron chi connectivity index (χ2n) is 4.13. The monoisotopic (exact) mass is 214 g/mol. The molecule has 2 rings (SSSR count). The SMILES string of the molecule is BN1CC(C=O)=C(NCc2ccccc2)C1. The van der Waals surface area contributed by atoms with Gasteiger partial charge >= 0.3 is 0 Å². The Morgan fingerprint density at radius 3 is 2.75 bits per heavy atom. The smallest absolute Gasteiger partial charge is 0.186 e. The molecule has 1 aromatic rings. The third kappa shape index (κ3) is 2.52. The average Bonchev–Trinajstić information content (AvgIpc) is 2.68. The number of nitrogens with zero attached hydrogens (tertiary/aromatic N) is 1. The van der Waals surface area contributed by atoms with Crippen LogP contribution in [0.5, 0.6) is 0 Å². The normalized spacial score (nSPS) is 16.5. The number of carbonyl (C=O) groups excluding carboxylic acids is 1. The molecule has 0 aromatic heterocycles. The summed E-state index contributed by atoms with van der Waals surface area (Å²) in [5, 5.41) is 3.34. The zero-order valence-electron chi connectivity index (χ0n) is 9.44. The first-order valence-corrected chi connectivity index (χ1v) is 5.43. The highest BCUT2D eigenvalue weighted by Gasteiger charge is 2.17. The van der Waals surface area contributed by atoms with Crippen molar-refractivity contribution in [3.63, 3.8) is 0 Å². The van der Waals surface area contributed by atoms with Crippen LogP contribution in [0.3, 0.4) is 0 Å². The molecule has 0 unspecified atom stereocenters. The van der Waals surface area contributed by atoms with E-state index >= 15 is 0 Å². The molecule has 1 N–H and O–H groups in total. The third-order valence-electron chi connectivity index (χ3n) is 2.75. The average molecular weight is 214 g/mol. The summed E-state index contributed by atoms with van der Waals surface area (Å²) < 4.78 is 0. The van der Waals surface area contributed by atoms with E-state index in [9.17, 15) is 4.79 Å². The van der Waals surface area contributed by atoms with E-state index in [1.165, 1.54) is 5.56 Å². The molecule has 0 atom stereocenters. The summed E-state index contributed by atoms with van der Waals surface area (Å²) >= 11 is 0. The molecule has 1 aliphatic heterocycles. The van der Waals surface area contributed by atoms with Crippen LogP contribution in [-0.4, -0.2) is 32.2 Å². The maximum atomic E-state index is 10.8. The Labute approximate surface area is 96.6 Å². The molecule has 1 aromatic carbocycles. The van der Waals surface area contributed by atoms with Crippen molar-refractivity contribution in [2.24, 2.45) is 0 Å². The van der Waals surface area contributed by atoms with E-state index in [1.807, 2.05) is 26.2 Å². The molecular weight excluding hydrogens is 199 g/mol. The summed E-state index contributed by atoms with van der Waals surface area (Å²) in [5.74, 6) is 0. The number of aldehydes is 1. The van der Waals surface area contributed by atoms with Crippen LogP contribution in [-0.2, 0) is 11.3 Å². The molecule has 0 radical (unpaired) electrons. The largest absolute Gasteiger partial charge is 0.383 e. The molecule has 0 spiro atoms. The van der Waals surface area contributed by atoms with Gasteiger partial charge in [-0.3, -0.25) is 4.79 Å². The first-order valence-electron chi connectivity index (χ1n) is 5.43. The van der Waals surface area contributed by atoms with Gasteiger partial charge in [-0.25, -0.2) is 0 Å². The molecule has 0 aliphatic carbocycles. The number of hydrogen-bond donors (Lipinski definition) is 1. The van der Waals surface area contributed by atoms with Crippen LogP contribution in [0.15, 0.2) is 41.6 Å². The van der Waals surface area contributed by atoms with E-state index in [4.69, 9.17) is 0 Å². The van der Waals surface area contributed by atoms with Gasteiger partial charge in [0.15, 0.2) is 7.98 Å². The maximum Gasteiger partial charge on any atom is 0.186 e. The van der Waals surface area contributed by atoms with Gasteiger partial charge in [-0.2, -0.15) is 0 Å². The highest BCUT2D eigenvalue weighted by atomic mass is 16.1. The fourth-order valence-electron chi connectivity index (χ4n) is 1.90. The molecule has 1 aliphatic rings. The van der Waals surface area contributed by atoms with E-state index < -0.39 is 0 Å². The van der Waals surface area contributed by atoms with Gasteiger partial charge in [0.1, 0.15) is 6.29 Å². The summed E-state index contributed by atoms with van der Waals surface area (Å²) in [6.07, 6.45) is 0.955. The first kappa shape index (κ1) is 11.0. The Morgan fingerprint density at radius 1 is 1.31 bits per heavy atom. The van der Waals surface area contributed by atoms with Gasteiger partial charge in [0, 0.05) is 30.9 Å². The van der Waals surface area contributed by atoms with Gasteiger partial charge in [-0.05, 0) is 5.56 Å². The lowest BCUT2D eigenvalue weighted by atomic mass is 10.2. The number of carbonyl (C=O) groups is 1. The Kier molecular flexibility index (Phi) is 3.42. The summed E-state index contributed by atoms with van der Waals surface area (Å²) in [4.78, 5) is 13.0. The maximum absolute atomic E-state index is 10.8. The Balaban J connectivity index is 1.98. The van der Waals surface area contributed by atoms with Gasteiger partial charge in [-0.15, -0.1) is 0 Å². The number of benzene rings is 1. The van der Waals surface area contributed by atoms with Crippen molar-refractivity contribution in [3.8, 4) is 0 Å². The Hall–Kier alpha value is -1.55. The van der Waals surface area contributed by atoms with Crippen LogP contribution in [0.1, 0.15) is 5.56 Å². The van der Waals surface area contributed by atoms with E-state index in [1.54, 1.807) is 0 Å². The lowest BCUT2D eigenvalue weighted by Gasteiger charge is -2.10. The molecule has 0 saturated carbocycles. The third-order valence-corrected chi connectivity index (χ3v) is 2.75. The highest BCUT2D eigenvalue weighted by Crippen LogP contribution is 2.11. The summed E-state index contributed by atoms with van der Waals surface area (Å²) in [6, 6.07) is 10.2. The van der Waals surface area contributed by atoms with Crippen molar-refractivity contribution in [2.45, 2.75) is 6.54 Å². The topological polar surface area (TPSA) is 32.3 Å². The lowest BCUT2D eigenvalue weighted by molar-refractivity contribution is -0.105. The zero-order chi connectivity index (χ0) is 11.4. The van der Waals surface area contributed by atoms with Gasteiger partial charge in [0.05, 0.1) is 0 Å². The summed E-state index contributed by atoms with van der Waals surface area (Å²) in [6.45, 7) is 2.36. The highest BCUT2D eigenvalue weighted by molar-refractivity contribution is 6.05. The number of rotatable bonds is 4. The molecule has 0 bridgehead atoms. The summed E-state index contributed by atoms with van der Waals surface area (Å²) in [5.41, 5.74) is 3.16. The molecule has 82 valence electrons. The van der Waals surface area contributed by atoms with Crippen molar-refractivity contribution in [2.75, 3.05) is 13.1 Å². The lowest BCUT2D eigenvalue weighted by Crippen LogP contribution is -2.21. The number of hydrogen-bond acceptors (Lipinski definition) is 3. The predicted molar refractivity (Wildman–Crippen MR) is 66.5 cm³/mol. The van der Waals surface area contributed by atoms with Crippen LogP contribution < -0.4 is 5.32 Å². The second kappa shape index (κ2) is 4.99. The van der Waals surface area contributed by atoms with Crippen molar-refractivity contribution >= 4 is 14.3 Å². The van der Waals surface area contributed by atoms with Crippen molar-refractivity contribution in [3.05, 3.63) is 47.2 Å². The van der Waals surface area contributed by atoms with Crippen molar-refractivity contribution < 1.29 is 4.79 Å². The van der Waals surface area contributed by atoms with Crippen LogP contribution in [0.25, 0.3) is 0 Å². The fourth-order valence-corrected chi connectivity index (χ4v) is 1.90. The molecule has 4 heteroatoms. The molecular formula is C12H15BN2O. The van der Waals surface area contributed by atoms with Crippen LogP contribution >= 0.6 is 0 Å². The Morgan fingerprint density at radius 2 is 2.06 bits per heavy atom. The molecule has 16 heavy (non-hydrogen) atoms. The molecule has 0 fully saturated rings. The van der Waals surface area contributed by atoms with E-state index in [2.05, 4.69) is 22.3 Å². The predicted octanol–water partition coefficient (Wildman–Crippen LogP) is 0.0929. The molecule has 3 nitrogen and oxygen atoms in total. The van der Waals surface area contributed by atoms with E-state index in [0.29, 0.717) is 0 Å². The minimum absolute atomic E-state index is 0.751. The zero-order valence-corrected chi connectivity index (χ0v) is 9.44. The van der Waals surface area contributed by atoms with Gasteiger partial charge in [0.25, 0.3) is 0 Å². The first-order chi connectivity index (χ1) is 7.79. The standard InChI is InChI=1S/C12H15BN2O/c13-15-7-11(9-16)12(8-15)14-6-10-4-2-1-3-5-10/h1-5,9,14H,6-8,13H2. The van der Waals surface area contributed by atoms with Crippen molar-refractivity contribution in [1.82, 2.24) is 10.1 Å². The molecule has 0 saturated heterocycles. The van der Waals surface area contributed by atoms with Gasteiger partial charge in [0.2, 0.25) is 0 Å². The van der Waals surface area contributed by atoms with Crippen LogP contribution in [0.4, 0.5) is 0 Å². The Bertz CT molecular complexity index is 403. The minimum atomic E-state index is 0.751. The molecule has 1 heterocycles. The fraction of sp³-hybridized carbons (Fsp3) is 0.250. The minimum Gasteiger partial charge on any atom is -0.383 e. The van der Waals surface area contributed by atoms with Crippen LogP contribution in [0, 0.1) is 0 Å². The van der Waals surface area contributed by atoms with Crippen molar-refractivity contribution in [1.29, 1.82) is 0 Å². The molecule has 0 amide bonds. The quantitative estimate of drug-likeness (QED) is 0.569. The van der Waals surface area contributed by atoms with Crippen LogP contribution in [0.2, 0.25) is 0 Å². The summed E-state index contributed by atoms with van der Waals surface area (Å²) in [7, 11) is 2.01.